The molecular weight excluding hydrogens is 326 g/mol. The SMILES string of the molecule is CC(=O)Oc1cccc(CCCNS(=O)(=O)c2ccc(C)cc2)c1. The third-order valence-electron chi connectivity index (χ3n) is 3.43. The summed E-state index contributed by atoms with van der Waals surface area (Å²) in [5.74, 6) is 0.137. The summed E-state index contributed by atoms with van der Waals surface area (Å²) < 4.78 is 32.0. The van der Waals surface area contributed by atoms with E-state index in [1.54, 1.807) is 36.4 Å². The zero-order valence-corrected chi connectivity index (χ0v) is 14.6. The normalized spacial score (nSPS) is 11.2. The topological polar surface area (TPSA) is 72.5 Å². The van der Waals surface area contributed by atoms with Crippen molar-refractivity contribution in [2.45, 2.75) is 31.6 Å². The first-order valence-electron chi connectivity index (χ1n) is 7.70. The first kappa shape index (κ1) is 18.2. The highest BCUT2D eigenvalue weighted by Crippen LogP contribution is 2.15. The fraction of sp³-hybridized carbons (Fsp3) is 0.278. The van der Waals surface area contributed by atoms with E-state index < -0.39 is 10.0 Å². The molecule has 2 rings (SSSR count). The highest BCUT2D eigenvalue weighted by molar-refractivity contribution is 7.89. The van der Waals surface area contributed by atoms with Crippen LogP contribution in [0.1, 0.15) is 24.5 Å². The highest BCUT2D eigenvalue weighted by Gasteiger charge is 2.12. The van der Waals surface area contributed by atoms with Gasteiger partial charge in [-0.1, -0.05) is 29.8 Å². The molecule has 0 unspecified atom stereocenters. The molecule has 0 aliphatic rings. The summed E-state index contributed by atoms with van der Waals surface area (Å²) in [6.45, 7) is 3.61. The Bertz CT molecular complexity index is 798. The predicted octanol–water partition coefficient (Wildman–Crippen LogP) is 2.83. The summed E-state index contributed by atoms with van der Waals surface area (Å²) >= 11 is 0. The van der Waals surface area contributed by atoms with Crippen LogP contribution in [0.25, 0.3) is 0 Å². The summed E-state index contributed by atoms with van der Waals surface area (Å²) in [6.07, 6.45) is 1.33. The van der Waals surface area contributed by atoms with E-state index in [1.165, 1.54) is 6.92 Å². The minimum absolute atomic E-state index is 0.268. The van der Waals surface area contributed by atoms with Gasteiger partial charge in [-0.3, -0.25) is 4.79 Å². The molecule has 0 saturated carbocycles. The van der Waals surface area contributed by atoms with Crippen LogP contribution in [0, 0.1) is 6.92 Å². The van der Waals surface area contributed by atoms with Crippen molar-refractivity contribution in [2.24, 2.45) is 0 Å². The summed E-state index contributed by atoms with van der Waals surface area (Å²) in [5, 5.41) is 0. The summed E-state index contributed by atoms with van der Waals surface area (Å²) in [6, 6.07) is 14.0. The number of ether oxygens (including phenoxy) is 1. The zero-order chi connectivity index (χ0) is 17.6. The summed E-state index contributed by atoms with van der Waals surface area (Å²) in [4.78, 5) is 11.2. The second-order valence-electron chi connectivity index (χ2n) is 5.56. The van der Waals surface area contributed by atoms with Crippen molar-refractivity contribution in [2.75, 3.05) is 6.54 Å². The average molecular weight is 347 g/mol. The molecule has 0 radical (unpaired) electrons. The second kappa shape index (κ2) is 8.08. The number of aryl methyl sites for hydroxylation is 2. The van der Waals surface area contributed by atoms with Crippen LogP contribution in [0.3, 0.4) is 0 Å². The van der Waals surface area contributed by atoms with Gasteiger partial charge in [-0.15, -0.1) is 0 Å². The van der Waals surface area contributed by atoms with E-state index in [1.807, 2.05) is 19.1 Å². The van der Waals surface area contributed by atoms with Crippen molar-refractivity contribution in [3.63, 3.8) is 0 Å². The highest BCUT2D eigenvalue weighted by atomic mass is 32.2. The van der Waals surface area contributed by atoms with E-state index in [2.05, 4.69) is 4.72 Å². The average Bonchev–Trinajstić information content (AvgIpc) is 2.52. The van der Waals surface area contributed by atoms with Crippen LogP contribution in [-0.4, -0.2) is 20.9 Å². The van der Waals surface area contributed by atoms with Crippen LogP contribution < -0.4 is 9.46 Å². The molecule has 1 N–H and O–H groups in total. The van der Waals surface area contributed by atoms with E-state index in [0.29, 0.717) is 25.1 Å². The lowest BCUT2D eigenvalue weighted by molar-refractivity contribution is -0.131. The van der Waals surface area contributed by atoms with Crippen LogP contribution in [0.15, 0.2) is 53.4 Å². The number of hydrogen-bond acceptors (Lipinski definition) is 4. The van der Waals surface area contributed by atoms with Gasteiger partial charge < -0.3 is 4.74 Å². The maximum atomic E-state index is 12.2. The van der Waals surface area contributed by atoms with Gasteiger partial charge in [0.2, 0.25) is 10.0 Å². The van der Waals surface area contributed by atoms with E-state index >= 15 is 0 Å². The lowest BCUT2D eigenvalue weighted by Gasteiger charge is -2.08. The maximum absolute atomic E-state index is 12.2. The molecule has 2 aromatic rings. The minimum atomic E-state index is -3.47. The third kappa shape index (κ3) is 5.47. The van der Waals surface area contributed by atoms with Crippen molar-refractivity contribution in [3.05, 3.63) is 59.7 Å². The van der Waals surface area contributed by atoms with Crippen molar-refractivity contribution >= 4 is 16.0 Å². The number of benzene rings is 2. The quantitative estimate of drug-likeness (QED) is 0.475. The van der Waals surface area contributed by atoms with E-state index in [9.17, 15) is 13.2 Å². The molecule has 0 amide bonds. The number of hydrogen-bond donors (Lipinski definition) is 1. The number of carbonyl (C=O) groups excluding carboxylic acids is 1. The molecule has 5 nitrogen and oxygen atoms in total. The largest absolute Gasteiger partial charge is 0.427 e. The van der Waals surface area contributed by atoms with Crippen LogP contribution in [0.2, 0.25) is 0 Å². The molecule has 6 heteroatoms. The molecule has 0 saturated heterocycles. The number of rotatable bonds is 7. The summed E-state index contributed by atoms with van der Waals surface area (Å²) in [5.41, 5.74) is 2.00. The lowest BCUT2D eigenvalue weighted by Crippen LogP contribution is -2.25. The Morgan fingerprint density at radius 1 is 1.12 bits per heavy atom. The van der Waals surface area contributed by atoms with Crippen LogP contribution in [-0.2, 0) is 21.2 Å². The maximum Gasteiger partial charge on any atom is 0.308 e. The predicted molar refractivity (Wildman–Crippen MR) is 92.4 cm³/mol. The molecule has 0 heterocycles. The Morgan fingerprint density at radius 2 is 1.83 bits per heavy atom. The zero-order valence-electron chi connectivity index (χ0n) is 13.8. The monoisotopic (exact) mass is 347 g/mol. The lowest BCUT2D eigenvalue weighted by atomic mass is 10.1. The molecule has 2 aromatic carbocycles. The Balaban J connectivity index is 1.86. The molecule has 0 atom stereocenters. The van der Waals surface area contributed by atoms with Gasteiger partial charge in [0.25, 0.3) is 0 Å². The van der Waals surface area contributed by atoms with Gasteiger partial charge in [0.05, 0.1) is 4.90 Å². The molecule has 0 aromatic heterocycles. The standard InChI is InChI=1S/C18H21NO4S/c1-14-8-10-18(11-9-14)24(21,22)19-12-4-6-16-5-3-7-17(13-16)23-15(2)20/h3,5,7-11,13,19H,4,6,12H2,1-2H3. The smallest absolute Gasteiger partial charge is 0.308 e. The first-order chi connectivity index (χ1) is 11.4. The molecule has 0 spiro atoms. The van der Waals surface area contributed by atoms with Crippen molar-refractivity contribution in [3.8, 4) is 5.75 Å². The minimum Gasteiger partial charge on any atom is -0.427 e. The molecule has 0 aliphatic carbocycles. The Morgan fingerprint density at radius 3 is 2.50 bits per heavy atom. The summed E-state index contributed by atoms with van der Waals surface area (Å²) in [7, 11) is -3.47. The Hall–Kier alpha value is -2.18. The van der Waals surface area contributed by atoms with Crippen LogP contribution in [0.5, 0.6) is 5.75 Å². The van der Waals surface area contributed by atoms with Crippen molar-refractivity contribution < 1.29 is 17.9 Å². The van der Waals surface area contributed by atoms with E-state index in [4.69, 9.17) is 4.74 Å². The Labute approximate surface area is 142 Å². The van der Waals surface area contributed by atoms with Crippen LogP contribution >= 0.6 is 0 Å². The van der Waals surface area contributed by atoms with E-state index in [0.717, 1.165) is 11.1 Å². The van der Waals surface area contributed by atoms with Gasteiger partial charge in [0.15, 0.2) is 0 Å². The van der Waals surface area contributed by atoms with Crippen LogP contribution in [0.4, 0.5) is 0 Å². The molecule has 128 valence electrons. The third-order valence-corrected chi connectivity index (χ3v) is 4.90. The van der Waals surface area contributed by atoms with E-state index in [-0.39, 0.29) is 10.9 Å². The number of sulfonamides is 1. The Kier molecular flexibility index (Phi) is 6.11. The van der Waals surface area contributed by atoms with Gasteiger partial charge in [-0.2, -0.15) is 0 Å². The molecule has 0 fully saturated rings. The fourth-order valence-corrected chi connectivity index (χ4v) is 3.30. The van der Waals surface area contributed by atoms with Gasteiger partial charge in [-0.25, -0.2) is 13.1 Å². The van der Waals surface area contributed by atoms with Crippen molar-refractivity contribution in [1.82, 2.24) is 4.72 Å². The van der Waals surface area contributed by atoms with Gasteiger partial charge in [0, 0.05) is 13.5 Å². The number of carbonyl (C=O) groups is 1. The molecule has 0 bridgehead atoms. The fourth-order valence-electron chi connectivity index (χ4n) is 2.23. The molecule has 0 aliphatic heterocycles. The van der Waals surface area contributed by atoms with Crippen molar-refractivity contribution in [1.29, 1.82) is 0 Å². The number of esters is 1. The molecule has 24 heavy (non-hydrogen) atoms. The van der Waals surface area contributed by atoms with Gasteiger partial charge >= 0.3 is 5.97 Å². The second-order valence-corrected chi connectivity index (χ2v) is 7.32. The first-order valence-corrected chi connectivity index (χ1v) is 9.19. The molecular formula is C18H21NO4S. The number of nitrogens with one attached hydrogen (secondary N) is 1. The van der Waals surface area contributed by atoms with Gasteiger partial charge in [-0.05, 0) is 49.6 Å². The van der Waals surface area contributed by atoms with Gasteiger partial charge in [0.1, 0.15) is 5.75 Å².